The molecule has 0 atom stereocenters. The van der Waals surface area contributed by atoms with Crippen LogP contribution in [0.3, 0.4) is 0 Å². The summed E-state index contributed by atoms with van der Waals surface area (Å²) in [5.74, 6) is -0.227. The van der Waals surface area contributed by atoms with Crippen LogP contribution < -0.4 is 5.32 Å². The normalized spacial score (nSPS) is 19.2. The number of hydrogen-bond acceptors (Lipinski definition) is 6. The predicted octanol–water partition coefficient (Wildman–Crippen LogP) is -0.659. The van der Waals surface area contributed by atoms with Gasteiger partial charge in [0.05, 0.1) is 22.6 Å². The Hall–Kier alpha value is -0.670. The topological polar surface area (TPSA) is 102 Å². The van der Waals surface area contributed by atoms with Gasteiger partial charge in [0.15, 0.2) is 0 Å². The third-order valence-corrected chi connectivity index (χ3v) is 6.94. The Morgan fingerprint density at radius 1 is 1.39 bits per heavy atom. The van der Waals surface area contributed by atoms with Gasteiger partial charge < -0.3 is 10.1 Å². The van der Waals surface area contributed by atoms with Crippen LogP contribution in [0.25, 0.3) is 0 Å². The van der Waals surface area contributed by atoms with E-state index >= 15 is 0 Å². The molecule has 0 radical (unpaired) electrons. The molecule has 7 nitrogen and oxygen atoms in total. The summed E-state index contributed by atoms with van der Waals surface area (Å²) in [5, 5.41) is 3.00. The summed E-state index contributed by atoms with van der Waals surface area (Å²) < 4.78 is 43.3. The molecule has 0 aromatic heterocycles. The van der Waals surface area contributed by atoms with Gasteiger partial charge in [0.25, 0.3) is 10.0 Å². The quantitative estimate of drug-likeness (QED) is 0.676. The molecule has 1 saturated heterocycles. The smallest absolute Gasteiger partial charge is 0.305 e. The zero-order chi connectivity index (χ0) is 13.6. The van der Waals surface area contributed by atoms with Crippen molar-refractivity contribution in [2.24, 2.45) is 3.77 Å². The average Bonchev–Trinajstić information content (AvgIpc) is 2.27. The predicted molar refractivity (Wildman–Crippen MR) is 68.2 cm³/mol. The summed E-state index contributed by atoms with van der Waals surface area (Å²) >= 11 is 0. The largest absolute Gasteiger partial charge is 0.469 e. The number of rotatable bonds is 5. The molecule has 1 aliphatic rings. The van der Waals surface area contributed by atoms with E-state index in [0.717, 1.165) is 0 Å². The summed E-state index contributed by atoms with van der Waals surface area (Å²) in [5.41, 5.74) is 0. The Morgan fingerprint density at radius 2 is 2.00 bits per heavy atom. The van der Waals surface area contributed by atoms with Crippen LogP contribution in [0.5, 0.6) is 0 Å². The Labute approximate surface area is 108 Å². The number of methoxy groups -OCH3 is 1. The minimum absolute atomic E-state index is 0.0218. The number of ether oxygens (including phenoxy) is 1. The van der Waals surface area contributed by atoms with Crippen LogP contribution in [-0.4, -0.2) is 56.1 Å². The van der Waals surface area contributed by atoms with E-state index in [0.29, 0.717) is 13.1 Å². The summed E-state index contributed by atoms with van der Waals surface area (Å²) in [6.45, 7) is 1.03. The Bertz CT molecular complexity index is 493. The summed E-state index contributed by atoms with van der Waals surface area (Å²) in [6, 6.07) is 0. The molecule has 0 bridgehead atoms. The van der Waals surface area contributed by atoms with E-state index < -0.39 is 25.7 Å². The third-order valence-electron chi connectivity index (χ3n) is 2.46. The van der Waals surface area contributed by atoms with Crippen LogP contribution in [-0.2, 0) is 29.3 Å². The minimum Gasteiger partial charge on any atom is -0.469 e. The number of sulfonamides is 1. The minimum atomic E-state index is -3.73. The van der Waals surface area contributed by atoms with Gasteiger partial charge in [0.1, 0.15) is 0 Å². The van der Waals surface area contributed by atoms with E-state index in [1.807, 2.05) is 0 Å². The van der Waals surface area contributed by atoms with E-state index in [-0.39, 0.29) is 30.1 Å². The SMILES string of the molecule is COC(=O)CCCS(=O)(=O)N=S1(=O)CCNCC1. The zero-order valence-electron chi connectivity index (χ0n) is 10.3. The summed E-state index contributed by atoms with van der Waals surface area (Å²) in [4.78, 5) is 10.8. The lowest BCUT2D eigenvalue weighted by molar-refractivity contribution is -0.140. The standard InChI is InChI=1S/C9H18N2O5S2/c1-16-9(12)3-2-6-18(14,15)11-17(13)7-4-10-5-8-17/h10H,2-8H2,1H3. The Balaban J connectivity index is 2.61. The lowest BCUT2D eigenvalue weighted by Crippen LogP contribution is -2.36. The zero-order valence-corrected chi connectivity index (χ0v) is 11.9. The second kappa shape index (κ2) is 6.48. The van der Waals surface area contributed by atoms with Crippen LogP contribution >= 0.6 is 0 Å². The van der Waals surface area contributed by atoms with Gasteiger partial charge in [-0.15, -0.1) is 3.77 Å². The number of carbonyl (C=O) groups is 1. The fourth-order valence-corrected chi connectivity index (χ4v) is 5.70. The molecule has 1 aliphatic heterocycles. The van der Waals surface area contributed by atoms with E-state index in [2.05, 4.69) is 13.8 Å². The van der Waals surface area contributed by atoms with Gasteiger partial charge in [-0.2, -0.15) is 0 Å². The monoisotopic (exact) mass is 298 g/mol. The maximum atomic E-state index is 12.1. The van der Waals surface area contributed by atoms with Crippen molar-refractivity contribution < 1.29 is 22.2 Å². The molecule has 106 valence electrons. The number of esters is 1. The Morgan fingerprint density at radius 3 is 2.56 bits per heavy atom. The maximum Gasteiger partial charge on any atom is 0.305 e. The molecule has 1 rings (SSSR count). The van der Waals surface area contributed by atoms with Crippen molar-refractivity contribution in [1.82, 2.24) is 5.32 Å². The van der Waals surface area contributed by atoms with Crippen molar-refractivity contribution in [3.63, 3.8) is 0 Å². The van der Waals surface area contributed by atoms with Gasteiger partial charge in [-0.05, 0) is 6.42 Å². The van der Waals surface area contributed by atoms with Crippen LogP contribution in [0, 0.1) is 0 Å². The van der Waals surface area contributed by atoms with Crippen molar-refractivity contribution in [1.29, 1.82) is 0 Å². The van der Waals surface area contributed by atoms with Crippen molar-refractivity contribution in [3.05, 3.63) is 0 Å². The highest BCUT2D eigenvalue weighted by Crippen LogP contribution is 2.07. The van der Waals surface area contributed by atoms with Gasteiger partial charge in [0, 0.05) is 31.0 Å². The third kappa shape index (κ3) is 5.32. The van der Waals surface area contributed by atoms with Gasteiger partial charge in [-0.1, -0.05) is 0 Å². The molecule has 0 amide bonds. The second-order valence-electron chi connectivity index (χ2n) is 3.97. The molecular weight excluding hydrogens is 280 g/mol. The molecule has 0 aromatic carbocycles. The molecule has 0 aliphatic carbocycles. The average molecular weight is 298 g/mol. The number of carbonyl (C=O) groups excluding carboxylic acids is 1. The molecule has 9 heteroatoms. The van der Waals surface area contributed by atoms with Crippen LogP contribution in [0.15, 0.2) is 3.77 Å². The summed E-state index contributed by atoms with van der Waals surface area (Å²) in [6.07, 6.45) is 0.153. The van der Waals surface area contributed by atoms with Crippen molar-refractivity contribution in [3.8, 4) is 0 Å². The highest BCUT2D eigenvalue weighted by Gasteiger charge is 2.19. The van der Waals surface area contributed by atoms with Crippen LogP contribution in [0.4, 0.5) is 0 Å². The molecular formula is C9H18N2O5S2. The van der Waals surface area contributed by atoms with Gasteiger partial charge in [0.2, 0.25) is 0 Å². The van der Waals surface area contributed by atoms with Crippen molar-refractivity contribution in [2.45, 2.75) is 12.8 Å². The number of hydrogen-bond donors (Lipinski definition) is 1. The summed E-state index contributed by atoms with van der Waals surface area (Å²) in [7, 11) is -5.13. The molecule has 1 fully saturated rings. The van der Waals surface area contributed by atoms with Crippen molar-refractivity contribution in [2.75, 3.05) is 37.5 Å². The van der Waals surface area contributed by atoms with Gasteiger partial charge in [-0.3, -0.25) is 4.79 Å². The fraction of sp³-hybridized carbons (Fsp3) is 0.889. The first kappa shape index (κ1) is 15.4. The van der Waals surface area contributed by atoms with E-state index in [1.54, 1.807) is 0 Å². The Kier molecular flexibility index (Phi) is 5.54. The molecule has 0 unspecified atom stereocenters. The molecule has 0 aromatic rings. The lowest BCUT2D eigenvalue weighted by atomic mass is 10.3. The maximum absolute atomic E-state index is 12.1. The molecule has 0 saturated carbocycles. The number of nitrogens with one attached hydrogen (secondary N) is 1. The fourth-order valence-electron chi connectivity index (χ4n) is 1.51. The highest BCUT2D eigenvalue weighted by atomic mass is 32.3. The van der Waals surface area contributed by atoms with Gasteiger partial charge in [-0.25, -0.2) is 12.6 Å². The highest BCUT2D eigenvalue weighted by molar-refractivity contribution is 8.03. The first-order valence-corrected chi connectivity index (χ1v) is 9.07. The van der Waals surface area contributed by atoms with E-state index in [1.165, 1.54) is 7.11 Å². The lowest BCUT2D eigenvalue weighted by Gasteiger charge is -2.16. The second-order valence-corrected chi connectivity index (χ2v) is 8.50. The van der Waals surface area contributed by atoms with Crippen molar-refractivity contribution >= 4 is 25.7 Å². The first-order chi connectivity index (χ1) is 8.37. The van der Waals surface area contributed by atoms with Crippen LogP contribution in [0.2, 0.25) is 0 Å². The molecule has 1 heterocycles. The van der Waals surface area contributed by atoms with Crippen LogP contribution in [0.1, 0.15) is 12.8 Å². The molecule has 18 heavy (non-hydrogen) atoms. The molecule has 1 N–H and O–H groups in total. The number of nitrogens with zero attached hydrogens (tertiary/aromatic N) is 1. The van der Waals surface area contributed by atoms with Gasteiger partial charge >= 0.3 is 5.97 Å². The molecule has 0 spiro atoms. The first-order valence-electron chi connectivity index (χ1n) is 5.61. The van der Waals surface area contributed by atoms with E-state index in [4.69, 9.17) is 0 Å². The van der Waals surface area contributed by atoms with E-state index in [9.17, 15) is 17.4 Å².